The van der Waals surface area contributed by atoms with E-state index in [1.54, 1.807) is 18.2 Å². The third kappa shape index (κ3) is 3.08. The molecule has 3 nitrogen and oxygen atoms in total. The molecule has 1 aliphatic heterocycles. The molecule has 21 heavy (non-hydrogen) atoms. The number of carbonyl (C=O) groups is 1. The topological polar surface area (TPSA) is 32.3 Å². The molecule has 1 N–H and O–H groups in total. The van der Waals surface area contributed by atoms with E-state index in [9.17, 15) is 18.0 Å². The Bertz CT molecular complexity index is 527. The summed E-state index contributed by atoms with van der Waals surface area (Å²) in [6, 6.07) is 7.17. The molecule has 1 heterocycles. The third-order valence-corrected chi connectivity index (χ3v) is 4.59. The summed E-state index contributed by atoms with van der Waals surface area (Å²) in [5, 5.41) is 2.65. The van der Waals surface area contributed by atoms with Gasteiger partial charge >= 0.3 is 6.18 Å². The molecule has 7 heteroatoms. The van der Waals surface area contributed by atoms with Crippen LogP contribution in [-0.2, 0) is 11.3 Å². The van der Waals surface area contributed by atoms with E-state index >= 15 is 0 Å². The van der Waals surface area contributed by atoms with Crippen LogP contribution in [0.3, 0.4) is 0 Å². The number of benzene rings is 1. The average molecular weight is 365 g/mol. The highest BCUT2D eigenvalue weighted by molar-refractivity contribution is 9.10. The Labute approximate surface area is 129 Å². The zero-order valence-electron chi connectivity index (χ0n) is 11.5. The Kier molecular flexibility index (Phi) is 4.63. The summed E-state index contributed by atoms with van der Waals surface area (Å²) in [6.45, 7) is -0.0121. The Hall–Kier alpha value is -1.08. The lowest BCUT2D eigenvalue weighted by Gasteiger charge is -2.33. The van der Waals surface area contributed by atoms with Crippen LogP contribution in [-0.4, -0.2) is 37.1 Å². The van der Waals surface area contributed by atoms with Gasteiger partial charge in [-0.2, -0.15) is 13.2 Å². The van der Waals surface area contributed by atoms with Gasteiger partial charge in [0.1, 0.15) is 0 Å². The predicted molar refractivity (Wildman–Crippen MR) is 76.6 cm³/mol. The molecule has 1 amide bonds. The first kappa shape index (κ1) is 16.3. The van der Waals surface area contributed by atoms with Gasteiger partial charge in [0.05, 0.1) is 0 Å². The monoisotopic (exact) mass is 364 g/mol. The molecule has 1 aromatic rings. The molecule has 2 rings (SSSR count). The van der Waals surface area contributed by atoms with Crippen LogP contribution in [0.1, 0.15) is 12.0 Å². The van der Waals surface area contributed by atoms with Crippen LogP contribution in [0.15, 0.2) is 28.7 Å². The van der Waals surface area contributed by atoms with E-state index in [2.05, 4.69) is 21.2 Å². The number of alkyl halides is 3. The van der Waals surface area contributed by atoms with Gasteiger partial charge in [-0.25, -0.2) is 0 Å². The zero-order valence-corrected chi connectivity index (χ0v) is 13.1. The van der Waals surface area contributed by atoms with Crippen molar-refractivity contribution >= 4 is 21.8 Å². The molecule has 1 saturated heterocycles. The smallest absolute Gasteiger partial charge is 0.341 e. The van der Waals surface area contributed by atoms with Crippen molar-refractivity contribution in [1.82, 2.24) is 10.2 Å². The highest BCUT2D eigenvalue weighted by atomic mass is 79.9. The predicted octanol–water partition coefficient (Wildman–Crippen LogP) is 2.95. The lowest BCUT2D eigenvalue weighted by Crippen LogP contribution is -2.52. The summed E-state index contributed by atoms with van der Waals surface area (Å²) in [4.78, 5) is 13.5. The Morgan fingerprint density at radius 3 is 2.62 bits per heavy atom. The normalized spacial score (nSPS) is 22.3. The fourth-order valence-electron chi connectivity index (χ4n) is 2.56. The highest BCUT2D eigenvalue weighted by Gasteiger charge is 2.62. The minimum absolute atomic E-state index is 0.137. The Morgan fingerprint density at radius 1 is 1.43 bits per heavy atom. The number of hydrogen-bond acceptors (Lipinski definition) is 2. The molecule has 116 valence electrons. The number of halogens is 4. The molecule has 1 unspecified atom stereocenters. The standard InChI is InChI=1S/C14H16BrF3N2O/c1-20(8-10-4-2-3-5-11(10)15)12(21)13(14(16,17)18)6-7-19-9-13/h2-5,19H,6-9H2,1H3. The fraction of sp³-hybridized carbons (Fsp3) is 0.500. The second-order valence-electron chi connectivity index (χ2n) is 5.26. The van der Waals surface area contributed by atoms with Gasteiger partial charge in [0.25, 0.3) is 0 Å². The van der Waals surface area contributed by atoms with Crippen molar-refractivity contribution in [2.75, 3.05) is 20.1 Å². The van der Waals surface area contributed by atoms with Crippen LogP contribution in [0.4, 0.5) is 13.2 Å². The largest absolute Gasteiger partial charge is 0.404 e. The van der Waals surface area contributed by atoms with Crippen molar-refractivity contribution in [3.05, 3.63) is 34.3 Å². The van der Waals surface area contributed by atoms with Gasteiger partial charge in [-0.05, 0) is 24.6 Å². The quantitative estimate of drug-likeness (QED) is 0.894. The summed E-state index contributed by atoms with van der Waals surface area (Å²) in [5.41, 5.74) is -1.53. The summed E-state index contributed by atoms with van der Waals surface area (Å²) in [5.74, 6) is -0.879. The number of nitrogens with one attached hydrogen (secondary N) is 1. The van der Waals surface area contributed by atoms with E-state index in [1.807, 2.05) is 6.07 Å². The van der Waals surface area contributed by atoms with Crippen LogP contribution in [0.2, 0.25) is 0 Å². The lowest BCUT2D eigenvalue weighted by atomic mass is 9.84. The molecule has 0 spiro atoms. The van der Waals surface area contributed by atoms with E-state index in [0.717, 1.165) is 14.9 Å². The summed E-state index contributed by atoms with van der Waals surface area (Å²) >= 11 is 3.34. The minimum atomic E-state index is -4.55. The number of amides is 1. The summed E-state index contributed by atoms with van der Waals surface area (Å²) in [7, 11) is 1.41. The van der Waals surface area contributed by atoms with Crippen molar-refractivity contribution < 1.29 is 18.0 Å². The lowest BCUT2D eigenvalue weighted by molar-refractivity contribution is -0.221. The van der Waals surface area contributed by atoms with E-state index in [1.165, 1.54) is 7.05 Å². The molecule has 0 radical (unpaired) electrons. The van der Waals surface area contributed by atoms with Crippen LogP contribution >= 0.6 is 15.9 Å². The second kappa shape index (κ2) is 5.96. The molecular formula is C14H16BrF3N2O. The SMILES string of the molecule is CN(Cc1ccccc1Br)C(=O)C1(C(F)(F)F)CCNC1. The van der Waals surface area contributed by atoms with Gasteiger partial charge < -0.3 is 10.2 Å². The first-order valence-electron chi connectivity index (χ1n) is 6.54. The van der Waals surface area contributed by atoms with E-state index < -0.39 is 17.5 Å². The maximum atomic E-state index is 13.3. The highest BCUT2D eigenvalue weighted by Crippen LogP contribution is 2.44. The van der Waals surface area contributed by atoms with Crippen molar-refractivity contribution in [1.29, 1.82) is 0 Å². The molecule has 1 aromatic carbocycles. The molecule has 0 aromatic heterocycles. The number of carbonyl (C=O) groups excluding carboxylic acids is 1. The molecule has 0 bridgehead atoms. The van der Waals surface area contributed by atoms with Crippen LogP contribution in [0, 0.1) is 5.41 Å². The van der Waals surface area contributed by atoms with E-state index in [0.29, 0.717) is 0 Å². The van der Waals surface area contributed by atoms with Crippen LogP contribution in [0.25, 0.3) is 0 Å². The van der Waals surface area contributed by atoms with Gasteiger partial charge in [-0.1, -0.05) is 34.1 Å². The van der Waals surface area contributed by atoms with Gasteiger partial charge in [0.2, 0.25) is 5.91 Å². The van der Waals surface area contributed by atoms with Crippen LogP contribution in [0.5, 0.6) is 0 Å². The first-order chi connectivity index (χ1) is 9.78. The maximum Gasteiger partial charge on any atom is 0.404 e. The van der Waals surface area contributed by atoms with E-state index in [4.69, 9.17) is 0 Å². The molecular weight excluding hydrogens is 349 g/mol. The van der Waals surface area contributed by atoms with Gasteiger partial charge in [-0.3, -0.25) is 4.79 Å². The zero-order chi connectivity index (χ0) is 15.7. The molecule has 0 saturated carbocycles. The Morgan fingerprint density at radius 2 is 2.10 bits per heavy atom. The fourth-order valence-corrected chi connectivity index (χ4v) is 2.97. The summed E-state index contributed by atoms with van der Waals surface area (Å²) in [6.07, 6.45) is -4.76. The first-order valence-corrected chi connectivity index (χ1v) is 7.34. The minimum Gasteiger partial charge on any atom is -0.341 e. The molecule has 0 aliphatic carbocycles. The van der Waals surface area contributed by atoms with Gasteiger partial charge in [-0.15, -0.1) is 0 Å². The number of rotatable bonds is 3. The average Bonchev–Trinajstić information content (AvgIpc) is 2.90. The Balaban J connectivity index is 2.20. The van der Waals surface area contributed by atoms with Crippen molar-refractivity contribution in [2.24, 2.45) is 5.41 Å². The second-order valence-corrected chi connectivity index (χ2v) is 6.11. The van der Waals surface area contributed by atoms with Gasteiger partial charge in [0, 0.05) is 24.6 Å². The number of hydrogen-bond donors (Lipinski definition) is 1. The molecule has 1 aliphatic rings. The van der Waals surface area contributed by atoms with Crippen molar-refractivity contribution in [3.63, 3.8) is 0 Å². The third-order valence-electron chi connectivity index (χ3n) is 3.82. The molecule has 1 fully saturated rings. The number of nitrogens with zero attached hydrogens (tertiary/aromatic N) is 1. The van der Waals surface area contributed by atoms with Crippen molar-refractivity contribution in [2.45, 2.75) is 19.1 Å². The van der Waals surface area contributed by atoms with E-state index in [-0.39, 0.29) is 26.1 Å². The maximum absolute atomic E-state index is 13.3. The molecule has 1 atom stereocenters. The van der Waals surface area contributed by atoms with Crippen molar-refractivity contribution in [3.8, 4) is 0 Å². The van der Waals surface area contributed by atoms with Gasteiger partial charge in [0.15, 0.2) is 5.41 Å². The van der Waals surface area contributed by atoms with Crippen LogP contribution < -0.4 is 5.32 Å². The summed E-state index contributed by atoms with van der Waals surface area (Å²) < 4.78 is 40.8.